The highest BCUT2D eigenvalue weighted by molar-refractivity contribution is 5.92. The Kier molecular flexibility index (Phi) is 3.56. The molecule has 0 radical (unpaired) electrons. The van der Waals surface area contributed by atoms with Crippen LogP contribution >= 0.6 is 0 Å². The lowest BCUT2D eigenvalue weighted by molar-refractivity contribution is 0.0695. The van der Waals surface area contributed by atoms with Crippen molar-refractivity contribution in [3.05, 3.63) is 53.1 Å². The van der Waals surface area contributed by atoms with Crippen molar-refractivity contribution in [1.29, 1.82) is 0 Å². The SMILES string of the molecule is COc1ccccc1-c1cc(C)c(C(=O)O)c(C)c1. The van der Waals surface area contributed by atoms with Crippen LogP contribution in [0.25, 0.3) is 11.1 Å². The number of carbonyl (C=O) groups is 1. The van der Waals surface area contributed by atoms with Gasteiger partial charge in [-0.25, -0.2) is 4.79 Å². The van der Waals surface area contributed by atoms with Gasteiger partial charge in [-0.2, -0.15) is 0 Å². The maximum Gasteiger partial charge on any atom is 0.336 e. The Morgan fingerprint density at radius 2 is 1.68 bits per heavy atom. The van der Waals surface area contributed by atoms with Gasteiger partial charge in [0.15, 0.2) is 0 Å². The highest BCUT2D eigenvalue weighted by atomic mass is 16.5. The Labute approximate surface area is 112 Å². The van der Waals surface area contributed by atoms with Crippen molar-refractivity contribution in [1.82, 2.24) is 0 Å². The number of hydrogen-bond acceptors (Lipinski definition) is 2. The van der Waals surface area contributed by atoms with Gasteiger partial charge in [0.1, 0.15) is 5.75 Å². The third-order valence-electron chi connectivity index (χ3n) is 3.16. The number of ether oxygens (including phenoxy) is 1. The number of carboxylic acids is 1. The minimum atomic E-state index is -0.887. The third kappa shape index (κ3) is 2.45. The van der Waals surface area contributed by atoms with Crippen molar-refractivity contribution >= 4 is 5.97 Å². The van der Waals surface area contributed by atoms with E-state index in [1.54, 1.807) is 7.11 Å². The molecule has 2 rings (SSSR count). The quantitative estimate of drug-likeness (QED) is 0.911. The minimum Gasteiger partial charge on any atom is -0.496 e. The molecule has 1 N–H and O–H groups in total. The minimum absolute atomic E-state index is 0.374. The lowest BCUT2D eigenvalue weighted by Crippen LogP contribution is -2.03. The van der Waals surface area contributed by atoms with Crippen LogP contribution in [-0.2, 0) is 0 Å². The van der Waals surface area contributed by atoms with E-state index >= 15 is 0 Å². The molecule has 3 nitrogen and oxygen atoms in total. The lowest BCUT2D eigenvalue weighted by Gasteiger charge is -2.12. The summed E-state index contributed by atoms with van der Waals surface area (Å²) in [4.78, 5) is 11.2. The van der Waals surface area contributed by atoms with Crippen molar-refractivity contribution in [2.45, 2.75) is 13.8 Å². The molecule has 0 amide bonds. The van der Waals surface area contributed by atoms with E-state index in [9.17, 15) is 9.90 Å². The van der Waals surface area contributed by atoms with Crippen molar-refractivity contribution in [2.75, 3.05) is 7.11 Å². The average Bonchev–Trinajstić information content (AvgIpc) is 2.37. The Balaban J connectivity index is 2.62. The summed E-state index contributed by atoms with van der Waals surface area (Å²) in [6, 6.07) is 11.5. The molecule has 98 valence electrons. The molecule has 0 bridgehead atoms. The fourth-order valence-electron chi connectivity index (χ4n) is 2.34. The zero-order valence-corrected chi connectivity index (χ0v) is 11.2. The van der Waals surface area contributed by atoms with Crippen molar-refractivity contribution in [2.24, 2.45) is 0 Å². The summed E-state index contributed by atoms with van der Waals surface area (Å²) in [6.45, 7) is 3.63. The van der Waals surface area contributed by atoms with Crippen LogP contribution in [0.2, 0.25) is 0 Å². The van der Waals surface area contributed by atoms with E-state index in [0.29, 0.717) is 5.56 Å². The number of hydrogen-bond donors (Lipinski definition) is 1. The van der Waals surface area contributed by atoms with Crippen LogP contribution < -0.4 is 4.74 Å². The molecule has 0 saturated carbocycles. The van der Waals surface area contributed by atoms with E-state index in [4.69, 9.17) is 4.74 Å². The van der Waals surface area contributed by atoms with E-state index < -0.39 is 5.97 Å². The first kappa shape index (κ1) is 13.1. The standard InChI is InChI=1S/C16H16O3/c1-10-8-12(9-11(2)15(10)16(17)18)13-6-4-5-7-14(13)19-3/h4-9H,1-3H3,(H,17,18). The molecule has 0 spiro atoms. The van der Waals surface area contributed by atoms with Gasteiger partial charge >= 0.3 is 5.97 Å². The van der Waals surface area contributed by atoms with Gasteiger partial charge in [-0.05, 0) is 36.6 Å². The van der Waals surface area contributed by atoms with Crippen LogP contribution in [0.3, 0.4) is 0 Å². The van der Waals surface area contributed by atoms with Gasteiger partial charge in [0, 0.05) is 5.56 Å². The number of rotatable bonds is 3. The molecule has 0 heterocycles. The normalized spacial score (nSPS) is 10.3. The van der Waals surface area contributed by atoms with E-state index in [1.807, 2.05) is 50.2 Å². The smallest absolute Gasteiger partial charge is 0.336 e. The highest BCUT2D eigenvalue weighted by Crippen LogP contribution is 2.32. The van der Waals surface area contributed by atoms with E-state index in [0.717, 1.165) is 28.0 Å². The molecular formula is C16H16O3. The van der Waals surface area contributed by atoms with Gasteiger partial charge in [0.25, 0.3) is 0 Å². The molecule has 0 fully saturated rings. The second-order valence-electron chi connectivity index (χ2n) is 4.49. The summed E-state index contributed by atoms with van der Waals surface area (Å²) in [5.41, 5.74) is 3.83. The summed E-state index contributed by atoms with van der Waals surface area (Å²) < 4.78 is 5.34. The molecule has 2 aromatic rings. The molecular weight excluding hydrogens is 240 g/mol. The third-order valence-corrected chi connectivity index (χ3v) is 3.16. The Morgan fingerprint density at radius 3 is 2.21 bits per heavy atom. The first-order chi connectivity index (χ1) is 9.04. The lowest BCUT2D eigenvalue weighted by atomic mass is 9.95. The molecule has 0 unspecified atom stereocenters. The van der Waals surface area contributed by atoms with Crippen LogP contribution in [0.4, 0.5) is 0 Å². The first-order valence-electron chi connectivity index (χ1n) is 6.02. The molecule has 0 atom stereocenters. The second kappa shape index (κ2) is 5.14. The zero-order chi connectivity index (χ0) is 14.0. The van der Waals surface area contributed by atoms with Gasteiger partial charge in [0.2, 0.25) is 0 Å². The molecule has 0 aliphatic rings. The topological polar surface area (TPSA) is 46.5 Å². The van der Waals surface area contributed by atoms with Gasteiger partial charge < -0.3 is 9.84 Å². The fourth-order valence-corrected chi connectivity index (χ4v) is 2.34. The van der Waals surface area contributed by atoms with Crippen molar-refractivity contribution < 1.29 is 14.6 Å². The Hall–Kier alpha value is -2.29. The van der Waals surface area contributed by atoms with Crippen LogP contribution in [0, 0.1) is 13.8 Å². The highest BCUT2D eigenvalue weighted by Gasteiger charge is 2.14. The fraction of sp³-hybridized carbons (Fsp3) is 0.188. The summed E-state index contributed by atoms with van der Waals surface area (Å²) >= 11 is 0. The van der Waals surface area contributed by atoms with Gasteiger partial charge in [-0.15, -0.1) is 0 Å². The van der Waals surface area contributed by atoms with Crippen LogP contribution in [-0.4, -0.2) is 18.2 Å². The predicted molar refractivity (Wildman–Crippen MR) is 74.9 cm³/mol. The number of aromatic carboxylic acids is 1. The number of methoxy groups -OCH3 is 1. The monoisotopic (exact) mass is 256 g/mol. The van der Waals surface area contributed by atoms with Crippen molar-refractivity contribution in [3.8, 4) is 16.9 Å². The summed E-state index contributed by atoms with van der Waals surface area (Å²) in [5.74, 6) is -0.106. The molecule has 0 aliphatic heterocycles. The average molecular weight is 256 g/mol. The van der Waals surface area contributed by atoms with E-state index in [2.05, 4.69) is 0 Å². The van der Waals surface area contributed by atoms with Crippen LogP contribution in [0.5, 0.6) is 5.75 Å². The van der Waals surface area contributed by atoms with Gasteiger partial charge in [-0.1, -0.05) is 30.3 Å². The molecule has 0 aliphatic carbocycles. The summed E-state index contributed by atoms with van der Waals surface area (Å²) in [6.07, 6.45) is 0. The first-order valence-corrected chi connectivity index (χ1v) is 6.02. The Morgan fingerprint density at radius 1 is 1.11 bits per heavy atom. The second-order valence-corrected chi connectivity index (χ2v) is 4.49. The van der Waals surface area contributed by atoms with Gasteiger partial charge in [0.05, 0.1) is 12.7 Å². The maximum absolute atomic E-state index is 11.2. The number of aryl methyl sites for hydroxylation is 2. The maximum atomic E-state index is 11.2. The van der Waals surface area contributed by atoms with Crippen molar-refractivity contribution in [3.63, 3.8) is 0 Å². The van der Waals surface area contributed by atoms with Gasteiger partial charge in [-0.3, -0.25) is 0 Å². The summed E-state index contributed by atoms with van der Waals surface area (Å²) in [5, 5.41) is 9.18. The predicted octanol–water partition coefficient (Wildman–Crippen LogP) is 3.68. The Bertz CT molecular complexity index is 607. The molecule has 3 heteroatoms. The number of benzene rings is 2. The molecule has 0 aromatic heterocycles. The van der Waals surface area contributed by atoms with E-state index in [1.165, 1.54) is 0 Å². The van der Waals surface area contributed by atoms with Crippen LogP contribution in [0.15, 0.2) is 36.4 Å². The number of para-hydroxylation sites is 1. The number of carboxylic acid groups (broad SMARTS) is 1. The largest absolute Gasteiger partial charge is 0.496 e. The summed E-state index contributed by atoms with van der Waals surface area (Å²) in [7, 11) is 1.63. The van der Waals surface area contributed by atoms with E-state index in [-0.39, 0.29) is 0 Å². The molecule has 2 aromatic carbocycles. The molecule has 19 heavy (non-hydrogen) atoms. The molecule has 0 saturated heterocycles. The zero-order valence-electron chi connectivity index (χ0n) is 11.2. The van der Waals surface area contributed by atoms with Crippen LogP contribution in [0.1, 0.15) is 21.5 Å².